The lowest BCUT2D eigenvalue weighted by Crippen LogP contribution is -2.45. The standard InChI is InChI=1S/C27H32N6O3/c1-31-25-21(12-17(13-23(25)35-2)27(34)32-10-4-5-18(28)15-32)29-26(31)20-14-19-8-9-24(36-3)30-33(19)22(20)11-16-6-7-16/h8-9,12-14,16,18H,4-7,10-11,15,28H2,1-3H3/t18-/m1/s1. The normalized spacial score (nSPS) is 18.2. The number of likely N-dealkylation sites (tertiary alicyclic amines) is 1. The molecule has 1 aromatic carbocycles. The third-order valence-electron chi connectivity index (χ3n) is 7.47. The Morgan fingerprint density at radius 3 is 2.69 bits per heavy atom. The summed E-state index contributed by atoms with van der Waals surface area (Å²) in [6.07, 6.45) is 5.27. The highest BCUT2D eigenvalue weighted by molar-refractivity contribution is 6.00. The van der Waals surface area contributed by atoms with E-state index in [2.05, 4.69) is 10.6 Å². The summed E-state index contributed by atoms with van der Waals surface area (Å²) in [5, 5.41) is 4.71. The van der Waals surface area contributed by atoms with Crippen molar-refractivity contribution in [2.24, 2.45) is 18.7 Å². The first-order chi connectivity index (χ1) is 17.5. The molecule has 3 aromatic heterocycles. The number of carbonyl (C=O) groups is 1. The molecule has 0 spiro atoms. The van der Waals surface area contributed by atoms with Crippen LogP contribution >= 0.6 is 0 Å². The van der Waals surface area contributed by atoms with Crippen LogP contribution in [0.15, 0.2) is 30.3 Å². The average molecular weight is 489 g/mol. The Morgan fingerprint density at radius 1 is 1.14 bits per heavy atom. The van der Waals surface area contributed by atoms with Crippen molar-refractivity contribution in [1.29, 1.82) is 0 Å². The molecule has 0 bridgehead atoms. The second kappa shape index (κ2) is 8.81. The van der Waals surface area contributed by atoms with Crippen LogP contribution in [0.1, 0.15) is 41.7 Å². The fourth-order valence-electron chi connectivity index (χ4n) is 5.39. The van der Waals surface area contributed by atoms with Gasteiger partial charge >= 0.3 is 0 Å². The maximum Gasteiger partial charge on any atom is 0.254 e. The van der Waals surface area contributed by atoms with Crippen LogP contribution in [-0.2, 0) is 13.5 Å². The lowest BCUT2D eigenvalue weighted by molar-refractivity contribution is 0.0708. The van der Waals surface area contributed by atoms with E-state index in [0.717, 1.165) is 59.4 Å². The summed E-state index contributed by atoms with van der Waals surface area (Å²) in [6, 6.07) is 9.76. The van der Waals surface area contributed by atoms with Crippen molar-refractivity contribution in [1.82, 2.24) is 24.1 Å². The Kier molecular flexibility index (Phi) is 5.59. The molecular weight excluding hydrogens is 456 g/mol. The molecule has 1 aliphatic carbocycles. The third-order valence-corrected chi connectivity index (χ3v) is 7.47. The second-order valence-electron chi connectivity index (χ2n) is 10.1. The van der Waals surface area contributed by atoms with Crippen LogP contribution in [-0.4, -0.2) is 63.3 Å². The number of aromatic nitrogens is 4. The van der Waals surface area contributed by atoms with Gasteiger partial charge in [0.05, 0.1) is 30.9 Å². The molecule has 188 valence electrons. The highest BCUT2D eigenvalue weighted by Gasteiger charge is 2.29. The van der Waals surface area contributed by atoms with E-state index in [9.17, 15) is 4.79 Å². The number of benzene rings is 1. The number of methoxy groups -OCH3 is 2. The minimum absolute atomic E-state index is 0.0240. The maximum absolute atomic E-state index is 13.3. The number of piperidine rings is 1. The van der Waals surface area contributed by atoms with Crippen LogP contribution in [0.25, 0.3) is 27.9 Å². The van der Waals surface area contributed by atoms with E-state index in [-0.39, 0.29) is 11.9 Å². The number of aryl methyl sites for hydroxylation is 1. The van der Waals surface area contributed by atoms with Crippen molar-refractivity contribution < 1.29 is 14.3 Å². The van der Waals surface area contributed by atoms with Crippen LogP contribution < -0.4 is 15.2 Å². The highest BCUT2D eigenvalue weighted by atomic mass is 16.5. The quantitative estimate of drug-likeness (QED) is 0.446. The summed E-state index contributed by atoms with van der Waals surface area (Å²) in [5.41, 5.74) is 11.5. The molecule has 0 radical (unpaired) electrons. The van der Waals surface area contributed by atoms with Crippen LogP contribution in [0, 0.1) is 5.92 Å². The van der Waals surface area contributed by atoms with Gasteiger partial charge in [-0.1, -0.05) is 0 Å². The SMILES string of the molecule is COc1ccc2cc(-c3nc4cc(C(=O)N5CCC[C@@H](N)C5)cc(OC)c4n3C)c(CC3CC3)n2n1. The first kappa shape index (κ1) is 22.8. The van der Waals surface area contributed by atoms with Gasteiger partial charge in [0.15, 0.2) is 0 Å². The van der Waals surface area contributed by atoms with E-state index in [1.807, 2.05) is 40.7 Å². The van der Waals surface area contributed by atoms with Gasteiger partial charge in [-0.3, -0.25) is 4.79 Å². The van der Waals surface area contributed by atoms with Crippen LogP contribution in [0.4, 0.5) is 0 Å². The van der Waals surface area contributed by atoms with Gasteiger partial charge in [-0.15, -0.1) is 5.10 Å². The molecule has 2 N–H and O–H groups in total. The summed E-state index contributed by atoms with van der Waals surface area (Å²) in [5.74, 6) is 2.67. The molecular formula is C27H32N6O3. The van der Waals surface area contributed by atoms with E-state index < -0.39 is 0 Å². The van der Waals surface area contributed by atoms with Crippen molar-refractivity contribution in [2.45, 2.75) is 38.1 Å². The summed E-state index contributed by atoms with van der Waals surface area (Å²) in [6.45, 7) is 1.30. The largest absolute Gasteiger partial charge is 0.494 e. The monoisotopic (exact) mass is 488 g/mol. The number of ether oxygens (including phenoxy) is 2. The van der Waals surface area contributed by atoms with Crippen molar-refractivity contribution in [2.75, 3.05) is 27.3 Å². The zero-order chi connectivity index (χ0) is 25.0. The van der Waals surface area contributed by atoms with E-state index in [1.165, 1.54) is 12.8 Å². The predicted octanol–water partition coefficient (Wildman–Crippen LogP) is 3.42. The Hall–Kier alpha value is -3.59. The highest BCUT2D eigenvalue weighted by Crippen LogP contribution is 2.39. The van der Waals surface area contributed by atoms with Crippen LogP contribution in [0.5, 0.6) is 11.6 Å². The van der Waals surface area contributed by atoms with Crippen LogP contribution in [0.2, 0.25) is 0 Å². The minimum atomic E-state index is -0.0297. The number of hydrogen-bond acceptors (Lipinski definition) is 6. The predicted molar refractivity (Wildman–Crippen MR) is 138 cm³/mol. The fourth-order valence-corrected chi connectivity index (χ4v) is 5.39. The number of imidazole rings is 1. The molecule has 0 unspecified atom stereocenters. The molecule has 4 heterocycles. The first-order valence-corrected chi connectivity index (χ1v) is 12.6. The van der Waals surface area contributed by atoms with Gasteiger partial charge in [-0.2, -0.15) is 0 Å². The second-order valence-corrected chi connectivity index (χ2v) is 10.1. The summed E-state index contributed by atoms with van der Waals surface area (Å²) in [7, 11) is 5.26. The number of carbonyl (C=O) groups excluding carboxylic acids is 1. The van der Waals surface area contributed by atoms with Crippen molar-refractivity contribution in [3.8, 4) is 23.0 Å². The molecule has 9 nitrogen and oxygen atoms in total. The first-order valence-electron chi connectivity index (χ1n) is 12.6. The van der Waals surface area contributed by atoms with Crippen LogP contribution in [0.3, 0.4) is 0 Å². The fraction of sp³-hybridized carbons (Fsp3) is 0.444. The molecule has 4 aromatic rings. The molecule has 36 heavy (non-hydrogen) atoms. The smallest absolute Gasteiger partial charge is 0.254 e. The summed E-state index contributed by atoms with van der Waals surface area (Å²) < 4.78 is 15.2. The molecule has 1 atom stereocenters. The van der Waals surface area contributed by atoms with Gasteiger partial charge in [0.2, 0.25) is 5.88 Å². The maximum atomic E-state index is 13.3. The topological polar surface area (TPSA) is 99.9 Å². The number of amides is 1. The zero-order valence-electron chi connectivity index (χ0n) is 21.0. The Labute approximate surface area is 209 Å². The molecule has 1 amide bonds. The minimum Gasteiger partial charge on any atom is -0.494 e. The van der Waals surface area contributed by atoms with Gasteiger partial charge in [0.1, 0.15) is 17.1 Å². The van der Waals surface area contributed by atoms with Gasteiger partial charge in [0.25, 0.3) is 5.91 Å². The van der Waals surface area contributed by atoms with E-state index in [0.29, 0.717) is 29.7 Å². The van der Waals surface area contributed by atoms with Gasteiger partial charge in [0, 0.05) is 43.4 Å². The Bertz CT molecular complexity index is 1470. The summed E-state index contributed by atoms with van der Waals surface area (Å²) >= 11 is 0. The Morgan fingerprint density at radius 2 is 1.97 bits per heavy atom. The van der Waals surface area contributed by atoms with Gasteiger partial charge < -0.3 is 24.7 Å². The molecule has 1 aliphatic heterocycles. The van der Waals surface area contributed by atoms with Crippen molar-refractivity contribution in [3.63, 3.8) is 0 Å². The van der Waals surface area contributed by atoms with E-state index in [1.54, 1.807) is 14.2 Å². The lowest BCUT2D eigenvalue weighted by Gasteiger charge is -2.30. The van der Waals surface area contributed by atoms with E-state index in [4.69, 9.17) is 25.3 Å². The number of nitrogens with zero attached hydrogens (tertiary/aromatic N) is 5. The van der Waals surface area contributed by atoms with Crippen molar-refractivity contribution >= 4 is 22.5 Å². The summed E-state index contributed by atoms with van der Waals surface area (Å²) in [4.78, 5) is 20.2. The lowest BCUT2D eigenvalue weighted by atomic mass is 10.0. The van der Waals surface area contributed by atoms with Gasteiger partial charge in [-0.05, 0) is 62.3 Å². The number of hydrogen-bond donors (Lipinski definition) is 1. The molecule has 2 aliphatic rings. The molecule has 6 rings (SSSR count). The Balaban J connectivity index is 1.48. The molecule has 1 saturated carbocycles. The molecule has 9 heteroatoms. The number of nitrogens with two attached hydrogens (primary N) is 1. The average Bonchev–Trinajstić information content (AvgIpc) is 3.56. The number of rotatable bonds is 6. The van der Waals surface area contributed by atoms with Crippen molar-refractivity contribution in [3.05, 3.63) is 41.6 Å². The van der Waals surface area contributed by atoms with E-state index >= 15 is 0 Å². The zero-order valence-corrected chi connectivity index (χ0v) is 21.0. The third kappa shape index (κ3) is 3.87. The molecule has 1 saturated heterocycles. The van der Waals surface area contributed by atoms with Gasteiger partial charge in [-0.25, -0.2) is 9.50 Å². The molecule has 2 fully saturated rings. The number of fused-ring (bicyclic) bond motifs is 2.